The van der Waals surface area contributed by atoms with Gasteiger partial charge in [-0.1, -0.05) is 22.0 Å². The lowest BCUT2D eigenvalue weighted by Gasteiger charge is -2.02. The van der Waals surface area contributed by atoms with Gasteiger partial charge in [-0.3, -0.25) is 4.79 Å². The van der Waals surface area contributed by atoms with Gasteiger partial charge in [-0.05, 0) is 29.6 Å². The van der Waals surface area contributed by atoms with Gasteiger partial charge in [-0.25, -0.2) is 0 Å². The van der Waals surface area contributed by atoms with Crippen molar-refractivity contribution in [1.29, 1.82) is 0 Å². The third kappa shape index (κ3) is 2.11. The maximum absolute atomic E-state index is 11.9. The zero-order valence-electron chi connectivity index (χ0n) is 7.61. The van der Waals surface area contributed by atoms with Crippen LogP contribution < -0.4 is 0 Å². The van der Waals surface area contributed by atoms with Gasteiger partial charge in [0.25, 0.3) is 0 Å². The number of hydrogen-bond acceptors (Lipinski definition) is 3. The average Bonchev–Trinajstić information content (AvgIpc) is 2.74. The topological polar surface area (TPSA) is 37.3 Å². The van der Waals surface area contributed by atoms with E-state index in [1.807, 2.05) is 11.4 Å². The molecule has 0 spiro atoms. The molecular weight excluding hydrogens is 276 g/mol. The summed E-state index contributed by atoms with van der Waals surface area (Å²) in [7, 11) is 0. The number of rotatable bonds is 2. The number of thiophene rings is 1. The molecule has 1 aromatic heterocycles. The first-order valence-electron chi connectivity index (χ1n) is 4.25. The molecule has 0 aliphatic carbocycles. The minimum atomic E-state index is -0.149. The number of phenolic OH excluding ortho intramolecular Hbond substituents is 1. The molecule has 0 aliphatic heterocycles. The number of ketones is 1. The van der Waals surface area contributed by atoms with E-state index in [4.69, 9.17) is 0 Å². The minimum absolute atomic E-state index is 0.0107. The van der Waals surface area contributed by atoms with Crippen LogP contribution in [0, 0.1) is 0 Å². The fraction of sp³-hybridized carbons (Fsp3) is 0. The van der Waals surface area contributed by atoms with Crippen molar-refractivity contribution in [2.75, 3.05) is 0 Å². The second kappa shape index (κ2) is 4.16. The predicted octanol–water partition coefficient (Wildman–Crippen LogP) is 3.45. The smallest absolute Gasteiger partial charge is 0.206 e. The van der Waals surface area contributed by atoms with Gasteiger partial charge < -0.3 is 5.11 Å². The quantitative estimate of drug-likeness (QED) is 0.857. The standard InChI is InChI=1S/C11H7BrO2S/c12-7-3-4-9(13)8(6-7)11(14)10-2-1-5-15-10/h1-6,13H. The van der Waals surface area contributed by atoms with Crippen LogP contribution in [0.3, 0.4) is 0 Å². The summed E-state index contributed by atoms with van der Waals surface area (Å²) in [6, 6.07) is 8.38. The molecule has 4 heteroatoms. The van der Waals surface area contributed by atoms with Crippen LogP contribution in [0.2, 0.25) is 0 Å². The Morgan fingerprint density at radius 3 is 2.80 bits per heavy atom. The summed E-state index contributed by atoms with van der Waals surface area (Å²) in [4.78, 5) is 12.5. The molecular formula is C11H7BrO2S. The van der Waals surface area contributed by atoms with Crippen molar-refractivity contribution >= 4 is 33.0 Å². The average molecular weight is 283 g/mol. The fourth-order valence-corrected chi connectivity index (χ4v) is 2.27. The SMILES string of the molecule is O=C(c1cccs1)c1cc(Br)ccc1O. The summed E-state index contributed by atoms with van der Waals surface area (Å²) in [5.41, 5.74) is 0.326. The highest BCUT2D eigenvalue weighted by molar-refractivity contribution is 9.10. The predicted molar refractivity (Wildman–Crippen MR) is 63.6 cm³/mol. The Labute approximate surface area is 99.3 Å². The Balaban J connectivity index is 2.46. The summed E-state index contributed by atoms with van der Waals surface area (Å²) < 4.78 is 0.778. The Morgan fingerprint density at radius 1 is 1.33 bits per heavy atom. The van der Waals surface area contributed by atoms with E-state index in [0.29, 0.717) is 10.4 Å². The second-order valence-electron chi connectivity index (χ2n) is 2.97. The lowest BCUT2D eigenvalue weighted by Crippen LogP contribution is -1.98. The zero-order valence-corrected chi connectivity index (χ0v) is 10.0. The third-order valence-corrected chi connectivity index (χ3v) is 3.31. The van der Waals surface area contributed by atoms with Gasteiger partial charge in [-0.2, -0.15) is 0 Å². The highest BCUT2D eigenvalue weighted by atomic mass is 79.9. The molecule has 0 saturated heterocycles. The summed E-state index contributed by atoms with van der Waals surface area (Å²) in [6.45, 7) is 0. The highest BCUT2D eigenvalue weighted by Gasteiger charge is 2.14. The van der Waals surface area contributed by atoms with E-state index in [-0.39, 0.29) is 11.5 Å². The van der Waals surface area contributed by atoms with E-state index in [9.17, 15) is 9.90 Å². The largest absolute Gasteiger partial charge is 0.507 e. The molecule has 0 fully saturated rings. The molecule has 2 rings (SSSR count). The molecule has 2 aromatic rings. The molecule has 0 atom stereocenters. The lowest BCUT2D eigenvalue weighted by atomic mass is 10.1. The maximum atomic E-state index is 11.9. The minimum Gasteiger partial charge on any atom is -0.507 e. The summed E-state index contributed by atoms with van der Waals surface area (Å²) in [5.74, 6) is -0.139. The van der Waals surface area contributed by atoms with Crippen molar-refractivity contribution in [2.24, 2.45) is 0 Å². The molecule has 1 aromatic carbocycles. The first-order chi connectivity index (χ1) is 7.18. The van der Waals surface area contributed by atoms with Crippen LogP contribution in [-0.4, -0.2) is 10.9 Å². The van der Waals surface area contributed by atoms with E-state index in [0.717, 1.165) is 4.47 Å². The molecule has 2 nitrogen and oxygen atoms in total. The van der Waals surface area contributed by atoms with E-state index < -0.39 is 0 Å². The van der Waals surface area contributed by atoms with Crippen LogP contribution in [-0.2, 0) is 0 Å². The second-order valence-corrected chi connectivity index (χ2v) is 4.83. The molecule has 1 N–H and O–H groups in total. The molecule has 15 heavy (non-hydrogen) atoms. The third-order valence-electron chi connectivity index (χ3n) is 1.95. The van der Waals surface area contributed by atoms with Crippen molar-refractivity contribution in [3.05, 3.63) is 50.6 Å². The number of carbonyl (C=O) groups is 1. The summed E-state index contributed by atoms with van der Waals surface area (Å²) in [6.07, 6.45) is 0. The molecule has 1 heterocycles. The van der Waals surface area contributed by atoms with Crippen molar-refractivity contribution in [3.8, 4) is 5.75 Å². The molecule has 0 radical (unpaired) electrons. The van der Waals surface area contributed by atoms with E-state index >= 15 is 0 Å². The van der Waals surface area contributed by atoms with Crippen molar-refractivity contribution in [3.63, 3.8) is 0 Å². The van der Waals surface area contributed by atoms with Gasteiger partial charge in [0, 0.05) is 4.47 Å². The fourth-order valence-electron chi connectivity index (χ4n) is 1.23. The zero-order chi connectivity index (χ0) is 10.8. The van der Waals surface area contributed by atoms with Crippen LogP contribution >= 0.6 is 27.3 Å². The van der Waals surface area contributed by atoms with Crippen molar-refractivity contribution in [1.82, 2.24) is 0 Å². The molecule has 0 bridgehead atoms. The van der Waals surface area contributed by atoms with Crippen LogP contribution in [0.25, 0.3) is 0 Å². The summed E-state index contributed by atoms with van der Waals surface area (Å²) >= 11 is 4.63. The van der Waals surface area contributed by atoms with Crippen LogP contribution in [0.5, 0.6) is 5.75 Å². The van der Waals surface area contributed by atoms with Gasteiger partial charge in [0.2, 0.25) is 5.78 Å². The highest BCUT2D eigenvalue weighted by Crippen LogP contribution is 2.25. The van der Waals surface area contributed by atoms with Crippen molar-refractivity contribution < 1.29 is 9.90 Å². The van der Waals surface area contributed by atoms with Gasteiger partial charge in [0.15, 0.2) is 0 Å². The Morgan fingerprint density at radius 2 is 2.13 bits per heavy atom. The van der Waals surface area contributed by atoms with E-state index in [2.05, 4.69) is 15.9 Å². The van der Waals surface area contributed by atoms with Gasteiger partial charge >= 0.3 is 0 Å². The van der Waals surface area contributed by atoms with Gasteiger partial charge in [-0.15, -0.1) is 11.3 Å². The first kappa shape index (κ1) is 10.4. The first-order valence-corrected chi connectivity index (χ1v) is 5.92. The molecule has 76 valence electrons. The maximum Gasteiger partial charge on any atom is 0.206 e. The van der Waals surface area contributed by atoms with Crippen LogP contribution in [0.4, 0.5) is 0 Å². The molecule has 0 unspecified atom stereocenters. The van der Waals surface area contributed by atoms with Crippen molar-refractivity contribution in [2.45, 2.75) is 0 Å². The van der Waals surface area contributed by atoms with E-state index in [1.54, 1.807) is 18.2 Å². The van der Waals surface area contributed by atoms with E-state index in [1.165, 1.54) is 17.4 Å². The number of hydrogen-bond donors (Lipinski definition) is 1. The normalized spacial score (nSPS) is 10.2. The number of carbonyl (C=O) groups excluding carboxylic acids is 1. The summed E-state index contributed by atoms with van der Waals surface area (Å²) in [5, 5.41) is 11.4. The monoisotopic (exact) mass is 282 g/mol. The van der Waals surface area contributed by atoms with Crippen LogP contribution in [0.15, 0.2) is 40.2 Å². The Kier molecular flexibility index (Phi) is 2.88. The molecule has 0 aliphatic rings. The number of aromatic hydroxyl groups is 1. The number of phenols is 1. The number of benzene rings is 1. The molecule has 0 saturated carbocycles. The van der Waals surface area contributed by atoms with Gasteiger partial charge in [0.05, 0.1) is 10.4 Å². The Hall–Kier alpha value is -1.13. The van der Waals surface area contributed by atoms with Gasteiger partial charge in [0.1, 0.15) is 5.75 Å². The number of halogens is 1. The molecule has 0 amide bonds. The Bertz CT molecular complexity index is 491. The lowest BCUT2D eigenvalue weighted by molar-refractivity contribution is 0.104. The van der Waals surface area contributed by atoms with Crippen LogP contribution in [0.1, 0.15) is 15.2 Å².